The first-order valence-corrected chi connectivity index (χ1v) is 10.4. The molecular formula is C24H22N2O2S. The quantitative estimate of drug-likeness (QED) is 0.411. The molecule has 5 heteroatoms. The Labute approximate surface area is 174 Å². The van der Waals surface area contributed by atoms with Crippen LogP contribution in [0.4, 0.5) is 10.8 Å². The standard InChI is InChI=1S/C24H22N2O2S/c1-3-17-8-12-19(13-9-17)26(24-25-21-6-4-5-7-22(21)29-24)23(27)16-18-10-14-20(28-2)15-11-18/h4-15H,3,16H2,1-2H3. The number of anilines is 2. The molecule has 0 unspecified atom stereocenters. The summed E-state index contributed by atoms with van der Waals surface area (Å²) >= 11 is 1.53. The zero-order chi connectivity index (χ0) is 20.2. The van der Waals surface area contributed by atoms with Gasteiger partial charge in [0.05, 0.1) is 29.4 Å². The predicted molar refractivity (Wildman–Crippen MR) is 119 cm³/mol. The number of fused-ring (bicyclic) bond motifs is 1. The summed E-state index contributed by atoms with van der Waals surface area (Å²) < 4.78 is 6.28. The van der Waals surface area contributed by atoms with Crippen molar-refractivity contribution in [1.82, 2.24) is 4.98 Å². The van der Waals surface area contributed by atoms with Gasteiger partial charge in [-0.15, -0.1) is 0 Å². The first kappa shape index (κ1) is 19.2. The van der Waals surface area contributed by atoms with Gasteiger partial charge in [-0.05, 0) is 53.9 Å². The van der Waals surface area contributed by atoms with Crippen LogP contribution in [-0.4, -0.2) is 18.0 Å². The molecule has 3 aromatic carbocycles. The Bertz CT molecular complexity index is 1080. The van der Waals surface area contributed by atoms with Gasteiger partial charge in [-0.25, -0.2) is 4.98 Å². The summed E-state index contributed by atoms with van der Waals surface area (Å²) in [5.41, 5.74) is 3.91. The molecule has 0 spiro atoms. The summed E-state index contributed by atoms with van der Waals surface area (Å²) in [4.78, 5) is 19.8. The molecule has 0 aliphatic rings. The molecule has 0 bridgehead atoms. The third-order valence-electron chi connectivity index (χ3n) is 4.84. The smallest absolute Gasteiger partial charge is 0.237 e. The maximum Gasteiger partial charge on any atom is 0.237 e. The van der Waals surface area contributed by atoms with Crippen molar-refractivity contribution in [3.8, 4) is 5.75 Å². The lowest BCUT2D eigenvalue weighted by molar-refractivity contribution is -0.117. The lowest BCUT2D eigenvalue weighted by Crippen LogP contribution is -2.27. The number of amides is 1. The minimum atomic E-state index is -0.0153. The van der Waals surface area contributed by atoms with Crippen molar-refractivity contribution in [2.45, 2.75) is 19.8 Å². The van der Waals surface area contributed by atoms with Crippen LogP contribution in [0, 0.1) is 0 Å². The number of nitrogens with zero attached hydrogens (tertiary/aromatic N) is 2. The molecule has 29 heavy (non-hydrogen) atoms. The van der Waals surface area contributed by atoms with Crippen LogP contribution in [0.1, 0.15) is 18.1 Å². The molecule has 0 aliphatic carbocycles. The van der Waals surface area contributed by atoms with Gasteiger partial charge >= 0.3 is 0 Å². The molecule has 4 aromatic rings. The number of rotatable bonds is 6. The fourth-order valence-electron chi connectivity index (χ4n) is 3.19. The molecule has 0 atom stereocenters. The van der Waals surface area contributed by atoms with Crippen molar-refractivity contribution in [2.75, 3.05) is 12.0 Å². The van der Waals surface area contributed by atoms with Crippen LogP contribution < -0.4 is 9.64 Å². The van der Waals surface area contributed by atoms with Gasteiger partial charge in [0, 0.05) is 0 Å². The molecule has 146 valence electrons. The van der Waals surface area contributed by atoms with Gasteiger partial charge in [-0.3, -0.25) is 9.69 Å². The lowest BCUT2D eigenvalue weighted by atomic mass is 10.1. The monoisotopic (exact) mass is 402 g/mol. The number of methoxy groups -OCH3 is 1. The summed E-state index contributed by atoms with van der Waals surface area (Å²) in [6, 6.07) is 23.7. The fraction of sp³-hybridized carbons (Fsp3) is 0.167. The van der Waals surface area contributed by atoms with Crippen LogP contribution in [-0.2, 0) is 17.6 Å². The molecule has 4 rings (SSSR count). The Kier molecular flexibility index (Phi) is 5.58. The van der Waals surface area contributed by atoms with Gasteiger partial charge in [0.2, 0.25) is 5.91 Å². The average molecular weight is 403 g/mol. The molecule has 0 aliphatic heterocycles. The zero-order valence-electron chi connectivity index (χ0n) is 16.5. The van der Waals surface area contributed by atoms with E-state index in [-0.39, 0.29) is 12.3 Å². The van der Waals surface area contributed by atoms with E-state index in [2.05, 4.69) is 19.1 Å². The van der Waals surface area contributed by atoms with E-state index >= 15 is 0 Å². The number of ether oxygens (including phenoxy) is 1. The maximum atomic E-state index is 13.4. The third kappa shape index (κ3) is 4.15. The molecule has 1 aromatic heterocycles. The van der Waals surface area contributed by atoms with E-state index in [1.54, 1.807) is 12.0 Å². The Hall–Kier alpha value is -3.18. The number of benzene rings is 3. The van der Waals surface area contributed by atoms with Crippen LogP contribution in [0.3, 0.4) is 0 Å². The van der Waals surface area contributed by atoms with Crippen LogP contribution in [0.15, 0.2) is 72.8 Å². The number of hydrogen-bond acceptors (Lipinski definition) is 4. The second-order valence-corrected chi connectivity index (χ2v) is 7.75. The van der Waals surface area contributed by atoms with E-state index in [1.165, 1.54) is 16.9 Å². The highest BCUT2D eigenvalue weighted by Crippen LogP contribution is 2.34. The van der Waals surface area contributed by atoms with E-state index in [4.69, 9.17) is 9.72 Å². The van der Waals surface area contributed by atoms with Gasteiger partial charge < -0.3 is 4.74 Å². The van der Waals surface area contributed by atoms with E-state index in [0.29, 0.717) is 5.13 Å². The van der Waals surface area contributed by atoms with Crippen molar-refractivity contribution in [2.24, 2.45) is 0 Å². The Balaban J connectivity index is 1.70. The number of aromatic nitrogens is 1. The zero-order valence-corrected chi connectivity index (χ0v) is 17.3. The summed E-state index contributed by atoms with van der Waals surface area (Å²) in [6.07, 6.45) is 1.25. The van der Waals surface area contributed by atoms with Gasteiger partial charge in [0.25, 0.3) is 0 Å². The molecule has 0 radical (unpaired) electrons. The SMILES string of the molecule is CCc1ccc(N(C(=O)Cc2ccc(OC)cc2)c2nc3ccccc3s2)cc1. The molecule has 1 amide bonds. The minimum Gasteiger partial charge on any atom is -0.497 e. The van der Waals surface area contributed by atoms with E-state index in [9.17, 15) is 4.79 Å². The Morgan fingerprint density at radius 2 is 1.66 bits per heavy atom. The summed E-state index contributed by atoms with van der Waals surface area (Å²) in [5, 5.41) is 0.689. The minimum absolute atomic E-state index is 0.0153. The third-order valence-corrected chi connectivity index (χ3v) is 5.86. The predicted octanol–water partition coefficient (Wildman–Crippen LogP) is 5.77. The number of thiazole rings is 1. The van der Waals surface area contributed by atoms with Crippen LogP contribution >= 0.6 is 11.3 Å². The van der Waals surface area contributed by atoms with Crippen molar-refractivity contribution in [3.63, 3.8) is 0 Å². The van der Waals surface area contributed by atoms with Crippen molar-refractivity contribution >= 4 is 38.3 Å². The molecule has 0 fully saturated rings. The average Bonchev–Trinajstić information content (AvgIpc) is 3.18. The van der Waals surface area contributed by atoms with Crippen molar-refractivity contribution in [3.05, 3.63) is 83.9 Å². The van der Waals surface area contributed by atoms with Crippen LogP contribution in [0.5, 0.6) is 5.75 Å². The highest BCUT2D eigenvalue weighted by Gasteiger charge is 2.22. The molecular weight excluding hydrogens is 380 g/mol. The topological polar surface area (TPSA) is 42.4 Å². The van der Waals surface area contributed by atoms with E-state index in [0.717, 1.165) is 33.6 Å². The maximum absolute atomic E-state index is 13.4. The van der Waals surface area contributed by atoms with E-state index in [1.807, 2.05) is 60.7 Å². The van der Waals surface area contributed by atoms with Crippen LogP contribution in [0.25, 0.3) is 10.2 Å². The largest absolute Gasteiger partial charge is 0.497 e. The Morgan fingerprint density at radius 1 is 0.966 bits per heavy atom. The molecule has 0 saturated heterocycles. The summed E-state index contributed by atoms with van der Waals surface area (Å²) in [7, 11) is 1.63. The van der Waals surface area contributed by atoms with Crippen LogP contribution in [0.2, 0.25) is 0 Å². The van der Waals surface area contributed by atoms with Crippen molar-refractivity contribution < 1.29 is 9.53 Å². The Morgan fingerprint density at radius 3 is 2.31 bits per heavy atom. The number of aryl methyl sites for hydroxylation is 1. The second-order valence-electron chi connectivity index (χ2n) is 6.74. The van der Waals surface area contributed by atoms with E-state index < -0.39 is 0 Å². The summed E-state index contributed by atoms with van der Waals surface area (Å²) in [5.74, 6) is 0.762. The fourth-order valence-corrected chi connectivity index (χ4v) is 4.20. The van der Waals surface area contributed by atoms with Gasteiger partial charge in [0.15, 0.2) is 5.13 Å². The summed E-state index contributed by atoms with van der Waals surface area (Å²) in [6.45, 7) is 2.12. The molecule has 0 saturated carbocycles. The van der Waals surface area contributed by atoms with Gasteiger partial charge in [-0.1, -0.05) is 54.7 Å². The van der Waals surface area contributed by atoms with Gasteiger partial charge in [0.1, 0.15) is 5.75 Å². The molecule has 1 heterocycles. The number of hydrogen-bond donors (Lipinski definition) is 0. The lowest BCUT2D eigenvalue weighted by Gasteiger charge is -2.20. The molecule has 0 N–H and O–H groups in total. The number of carbonyl (C=O) groups excluding carboxylic acids is 1. The first-order valence-electron chi connectivity index (χ1n) is 9.58. The second kappa shape index (κ2) is 8.45. The highest BCUT2D eigenvalue weighted by atomic mass is 32.1. The van der Waals surface area contributed by atoms with Gasteiger partial charge in [-0.2, -0.15) is 0 Å². The number of para-hydroxylation sites is 1. The first-order chi connectivity index (χ1) is 14.2. The van der Waals surface area contributed by atoms with Crippen molar-refractivity contribution in [1.29, 1.82) is 0 Å². The highest BCUT2D eigenvalue weighted by molar-refractivity contribution is 7.22. The molecule has 4 nitrogen and oxygen atoms in total. The number of carbonyl (C=O) groups is 1. The normalized spacial score (nSPS) is 10.8.